The highest BCUT2D eigenvalue weighted by Gasteiger charge is 2.18. The highest BCUT2D eigenvalue weighted by molar-refractivity contribution is 6.29. The molecule has 0 saturated heterocycles. The molecule has 0 aliphatic rings. The predicted octanol–water partition coefficient (Wildman–Crippen LogP) is 1.85. The molecule has 3 heterocycles. The van der Waals surface area contributed by atoms with Crippen LogP contribution in [-0.4, -0.2) is 32.4 Å². The number of methoxy groups -OCH3 is 1. The van der Waals surface area contributed by atoms with Crippen LogP contribution in [0.2, 0.25) is 5.15 Å². The second-order valence-corrected chi connectivity index (χ2v) is 5.58. The molecular formula is C15H14ClN5O3. The van der Waals surface area contributed by atoms with E-state index in [1.54, 1.807) is 19.4 Å². The summed E-state index contributed by atoms with van der Waals surface area (Å²) in [5, 5.41) is 11.1. The molecule has 3 rings (SSSR count). The van der Waals surface area contributed by atoms with Crippen LogP contribution in [0.15, 0.2) is 29.3 Å². The Bertz CT molecular complexity index is 1010. The van der Waals surface area contributed by atoms with Crippen molar-refractivity contribution in [3.63, 3.8) is 0 Å². The van der Waals surface area contributed by atoms with Crippen molar-refractivity contribution in [2.45, 2.75) is 0 Å². The number of carbonyl (C=O) groups excluding carboxylic acids is 1. The van der Waals surface area contributed by atoms with Gasteiger partial charge in [-0.05, 0) is 6.07 Å². The number of hydrogen-bond acceptors (Lipinski definition) is 6. The second kappa shape index (κ2) is 5.97. The Hall–Kier alpha value is -2.87. The van der Waals surface area contributed by atoms with Gasteiger partial charge in [0.15, 0.2) is 10.8 Å². The van der Waals surface area contributed by atoms with Crippen molar-refractivity contribution in [3.8, 4) is 0 Å². The van der Waals surface area contributed by atoms with Gasteiger partial charge >= 0.3 is 5.97 Å². The van der Waals surface area contributed by atoms with Crippen molar-refractivity contribution in [1.82, 2.24) is 19.3 Å². The van der Waals surface area contributed by atoms with Crippen LogP contribution in [0.1, 0.15) is 10.5 Å². The van der Waals surface area contributed by atoms with Gasteiger partial charge in [0.2, 0.25) is 0 Å². The van der Waals surface area contributed by atoms with E-state index in [2.05, 4.69) is 15.5 Å². The van der Waals surface area contributed by atoms with Crippen molar-refractivity contribution >= 4 is 39.8 Å². The van der Waals surface area contributed by atoms with Gasteiger partial charge in [-0.3, -0.25) is 4.79 Å². The van der Waals surface area contributed by atoms with Crippen LogP contribution in [-0.2, 0) is 18.8 Å². The summed E-state index contributed by atoms with van der Waals surface area (Å²) >= 11 is 5.87. The number of ether oxygens (including phenoxy) is 1. The van der Waals surface area contributed by atoms with Gasteiger partial charge in [0.05, 0.1) is 29.4 Å². The molecule has 0 aliphatic carbocycles. The summed E-state index contributed by atoms with van der Waals surface area (Å²) in [4.78, 5) is 24.3. The van der Waals surface area contributed by atoms with Crippen LogP contribution in [0.25, 0.3) is 10.9 Å². The van der Waals surface area contributed by atoms with E-state index in [1.807, 2.05) is 17.7 Å². The maximum atomic E-state index is 12.5. The summed E-state index contributed by atoms with van der Waals surface area (Å²) in [6, 6.07) is 3.29. The third-order valence-corrected chi connectivity index (χ3v) is 3.82. The summed E-state index contributed by atoms with van der Waals surface area (Å²) in [6.45, 7) is 0. The predicted molar refractivity (Wildman–Crippen MR) is 89.8 cm³/mol. The monoisotopic (exact) mass is 347 g/mol. The molecule has 124 valence electrons. The first kappa shape index (κ1) is 16.0. The summed E-state index contributed by atoms with van der Waals surface area (Å²) in [5.74, 6) is -0.658. The second-order valence-electron chi connectivity index (χ2n) is 5.19. The van der Waals surface area contributed by atoms with Crippen LogP contribution in [0.5, 0.6) is 0 Å². The minimum atomic E-state index is -0.658. The quantitative estimate of drug-likeness (QED) is 0.727. The van der Waals surface area contributed by atoms with E-state index in [4.69, 9.17) is 16.3 Å². The molecule has 8 nitrogen and oxygen atoms in total. The number of anilines is 2. The van der Waals surface area contributed by atoms with Gasteiger partial charge in [-0.2, -0.15) is 0 Å². The molecule has 0 atom stereocenters. The SMILES string of the molecule is COC(=O)c1nnc(Cl)cc1Nc1cn(C)c2ccn(C)c(=O)c12. The van der Waals surface area contributed by atoms with E-state index in [-0.39, 0.29) is 16.4 Å². The maximum absolute atomic E-state index is 12.5. The molecule has 24 heavy (non-hydrogen) atoms. The van der Waals surface area contributed by atoms with E-state index in [1.165, 1.54) is 17.7 Å². The first-order chi connectivity index (χ1) is 11.4. The molecule has 0 aromatic carbocycles. The van der Waals surface area contributed by atoms with Crippen molar-refractivity contribution in [3.05, 3.63) is 45.7 Å². The normalized spacial score (nSPS) is 10.8. The molecule has 0 unspecified atom stereocenters. The van der Waals surface area contributed by atoms with Gasteiger partial charge in [-0.1, -0.05) is 11.6 Å². The van der Waals surface area contributed by atoms with Gasteiger partial charge in [0.25, 0.3) is 5.56 Å². The molecule has 3 aromatic rings. The Morgan fingerprint density at radius 3 is 2.71 bits per heavy atom. The average Bonchev–Trinajstić information content (AvgIpc) is 2.86. The number of hydrogen-bond donors (Lipinski definition) is 1. The van der Waals surface area contributed by atoms with Crippen molar-refractivity contribution in [2.75, 3.05) is 12.4 Å². The molecule has 9 heteroatoms. The number of rotatable bonds is 3. The maximum Gasteiger partial charge on any atom is 0.360 e. The highest BCUT2D eigenvalue weighted by Crippen LogP contribution is 2.27. The largest absolute Gasteiger partial charge is 0.464 e. The van der Waals surface area contributed by atoms with E-state index in [0.717, 1.165) is 5.52 Å². The fourth-order valence-electron chi connectivity index (χ4n) is 2.44. The molecule has 0 aliphatic heterocycles. The number of esters is 1. The average molecular weight is 348 g/mol. The molecule has 0 radical (unpaired) electrons. The van der Waals surface area contributed by atoms with Gasteiger partial charge in [0.1, 0.15) is 0 Å². The fourth-order valence-corrected chi connectivity index (χ4v) is 2.59. The topological polar surface area (TPSA) is 91.0 Å². The molecular weight excluding hydrogens is 334 g/mol. The summed E-state index contributed by atoms with van der Waals surface area (Å²) in [6.07, 6.45) is 3.45. The number of carbonyl (C=O) groups is 1. The fraction of sp³-hybridized carbons (Fsp3) is 0.200. The van der Waals surface area contributed by atoms with Gasteiger partial charge < -0.3 is 19.2 Å². The molecule has 0 fully saturated rings. The molecule has 0 saturated carbocycles. The minimum absolute atomic E-state index is 0.0216. The van der Waals surface area contributed by atoms with Gasteiger partial charge in [0, 0.05) is 32.6 Å². The number of halogens is 1. The van der Waals surface area contributed by atoms with Gasteiger partial charge in [-0.15, -0.1) is 10.2 Å². The summed E-state index contributed by atoms with van der Waals surface area (Å²) < 4.78 is 7.99. The zero-order chi connectivity index (χ0) is 17.4. The zero-order valence-electron chi connectivity index (χ0n) is 13.2. The third kappa shape index (κ3) is 2.61. The lowest BCUT2D eigenvalue weighted by Crippen LogP contribution is -2.16. The Morgan fingerprint density at radius 2 is 2.00 bits per heavy atom. The smallest absolute Gasteiger partial charge is 0.360 e. The van der Waals surface area contributed by atoms with Crippen LogP contribution >= 0.6 is 11.6 Å². The first-order valence-electron chi connectivity index (χ1n) is 6.95. The number of aromatic nitrogens is 4. The van der Waals surface area contributed by atoms with E-state index < -0.39 is 5.97 Å². The third-order valence-electron chi connectivity index (χ3n) is 3.63. The van der Waals surface area contributed by atoms with Crippen LogP contribution in [0.4, 0.5) is 11.4 Å². The lowest BCUT2D eigenvalue weighted by atomic mass is 10.2. The van der Waals surface area contributed by atoms with Gasteiger partial charge in [-0.25, -0.2) is 4.79 Å². The Labute approximate surface area is 141 Å². The van der Waals surface area contributed by atoms with E-state index in [9.17, 15) is 9.59 Å². The summed E-state index contributed by atoms with van der Waals surface area (Å²) in [5.41, 5.74) is 1.41. The van der Waals surface area contributed by atoms with E-state index >= 15 is 0 Å². The van der Waals surface area contributed by atoms with Crippen molar-refractivity contribution in [1.29, 1.82) is 0 Å². The van der Waals surface area contributed by atoms with E-state index in [0.29, 0.717) is 16.8 Å². The molecule has 0 bridgehead atoms. The Balaban J connectivity index is 2.18. The lowest BCUT2D eigenvalue weighted by Gasteiger charge is -2.09. The number of nitrogens with zero attached hydrogens (tertiary/aromatic N) is 4. The number of aryl methyl sites for hydroxylation is 2. The highest BCUT2D eigenvalue weighted by atomic mass is 35.5. The minimum Gasteiger partial charge on any atom is -0.464 e. The number of pyridine rings is 1. The lowest BCUT2D eigenvalue weighted by molar-refractivity contribution is 0.0594. The number of fused-ring (bicyclic) bond motifs is 1. The van der Waals surface area contributed by atoms with Crippen molar-refractivity contribution in [2.24, 2.45) is 14.1 Å². The summed E-state index contributed by atoms with van der Waals surface area (Å²) in [7, 11) is 4.74. The zero-order valence-corrected chi connectivity index (χ0v) is 14.0. The van der Waals surface area contributed by atoms with Crippen LogP contribution < -0.4 is 10.9 Å². The van der Waals surface area contributed by atoms with Crippen LogP contribution in [0, 0.1) is 0 Å². The molecule has 3 aromatic heterocycles. The molecule has 0 spiro atoms. The van der Waals surface area contributed by atoms with Crippen LogP contribution in [0.3, 0.4) is 0 Å². The Morgan fingerprint density at radius 1 is 1.25 bits per heavy atom. The molecule has 1 N–H and O–H groups in total. The van der Waals surface area contributed by atoms with Crippen molar-refractivity contribution < 1.29 is 9.53 Å². The Kier molecular flexibility index (Phi) is 3.98. The first-order valence-corrected chi connectivity index (χ1v) is 7.33. The number of nitrogens with one attached hydrogen (secondary N) is 1. The standard InChI is InChI=1S/C15H14ClN5O3/c1-20-5-4-10-12(14(20)22)9(7-21(10)2)17-8-6-11(16)18-19-13(8)15(23)24-3/h4-7H,1-3H3,(H,17,18). The molecule has 0 amide bonds.